The average Bonchev–Trinajstić information content (AvgIpc) is 2.85. The summed E-state index contributed by atoms with van der Waals surface area (Å²) in [7, 11) is 7.04. The summed E-state index contributed by atoms with van der Waals surface area (Å²) < 4.78 is 10.7. The zero-order chi connectivity index (χ0) is 26.0. The fourth-order valence-electron chi connectivity index (χ4n) is 2.90. The fourth-order valence-corrected chi connectivity index (χ4v) is 6.83. The first kappa shape index (κ1) is 35.2. The number of hydrogen-bond acceptors (Lipinski definition) is 12. The highest BCUT2D eigenvalue weighted by molar-refractivity contribution is 8.77. The van der Waals surface area contributed by atoms with Crippen LogP contribution in [-0.2, 0) is 19.1 Å². The maximum Gasteiger partial charge on any atom is 0.307 e. The first-order chi connectivity index (χ1) is 17.1. The third-order valence-electron chi connectivity index (χ3n) is 4.65. The molecular formula is C23H46N2O6S4. The molecule has 0 bridgehead atoms. The van der Waals surface area contributed by atoms with E-state index in [4.69, 9.17) is 9.47 Å². The monoisotopic (exact) mass is 574 g/mol. The molecule has 0 rings (SSSR count). The molecule has 2 N–H and O–H groups in total. The number of nitrogens with zero attached hydrogens (tertiary/aromatic N) is 2. The van der Waals surface area contributed by atoms with Gasteiger partial charge in [0.1, 0.15) is 13.2 Å². The Morgan fingerprint density at radius 1 is 0.629 bits per heavy atom. The van der Waals surface area contributed by atoms with Crippen molar-refractivity contribution in [3.05, 3.63) is 0 Å². The number of rotatable bonds is 26. The van der Waals surface area contributed by atoms with Crippen LogP contribution < -0.4 is 0 Å². The molecule has 0 heterocycles. The first-order valence-electron chi connectivity index (χ1n) is 12.5. The third-order valence-corrected chi connectivity index (χ3v) is 9.80. The van der Waals surface area contributed by atoms with Gasteiger partial charge in [-0.2, -0.15) is 0 Å². The molecule has 0 aromatic rings. The maximum atomic E-state index is 12.2. The summed E-state index contributed by atoms with van der Waals surface area (Å²) in [5, 5.41) is 18.4. The topological polar surface area (TPSA) is 99.5 Å². The minimum absolute atomic E-state index is 0.0475. The van der Waals surface area contributed by atoms with Gasteiger partial charge in [0.15, 0.2) is 0 Å². The van der Waals surface area contributed by atoms with E-state index in [9.17, 15) is 19.8 Å². The van der Waals surface area contributed by atoms with Crippen LogP contribution >= 0.6 is 43.2 Å². The van der Waals surface area contributed by atoms with Gasteiger partial charge < -0.3 is 24.6 Å². The Bertz CT molecular complexity index is 471. The number of aliphatic hydroxyl groups excluding tert-OH is 2. The van der Waals surface area contributed by atoms with E-state index < -0.39 is 0 Å². The van der Waals surface area contributed by atoms with Crippen LogP contribution in [0.3, 0.4) is 0 Å². The summed E-state index contributed by atoms with van der Waals surface area (Å²) in [6.45, 7) is 8.72. The van der Waals surface area contributed by atoms with Crippen molar-refractivity contribution in [2.75, 3.05) is 88.7 Å². The fraction of sp³-hybridized carbons (Fsp3) is 0.913. The van der Waals surface area contributed by atoms with Gasteiger partial charge in [-0.1, -0.05) is 57.0 Å². The number of carbonyl (C=O) groups excluding carboxylic acids is 2. The summed E-state index contributed by atoms with van der Waals surface area (Å²) in [5.74, 6) is 3.32. The molecule has 0 aromatic heterocycles. The molecule has 35 heavy (non-hydrogen) atoms. The van der Waals surface area contributed by atoms with E-state index in [0.717, 1.165) is 48.8 Å². The predicted molar refractivity (Wildman–Crippen MR) is 153 cm³/mol. The molecule has 0 atom stereocenters. The van der Waals surface area contributed by atoms with E-state index in [0.29, 0.717) is 45.9 Å². The molecule has 0 radical (unpaired) electrons. The Morgan fingerprint density at radius 2 is 1.03 bits per heavy atom. The molecule has 0 aromatic carbocycles. The normalized spacial score (nSPS) is 11.4. The molecule has 0 fully saturated rings. The number of hydrogen-bond donors (Lipinski definition) is 2. The van der Waals surface area contributed by atoms with E-state index in [1.54, 1.807) is 43.2 Å². The lowest BCUT2D eigenvalue weighted by molar-refractivity contribution is -0.143. The average molecular weight is 575 g/mol. The van der Waals surface area contributed by atoms with Gasteiger partial charge in [-0.25, -0.2) is 0 Å². The highest BCUT2D eigenvalue weighted by Crippen LogP contribution is 2.21. The van der Waals surface area contributed by atoms with E-state index in [1.165, 1.54) is 0 Å². The van der Waals surface area contributed by atoms with Crippen molar-refractivity contribution in [3.8, 4) is 0 Å². The van der Waals surface area contributed by atoms with Gasteiger partial charge in [0, 0.05) is 49.2 Å². The largest absolute Gasteiger partial charge is 0.465 e. The Hall–Kier alpha value is 0.180. The summed E-state index contributed by atoms with van der Waals surface area (Å²) in [4.78, 5) is 28.4. The SMILES string of the molecule is CCCSSCCOC(=O)CCN(CCCN(CCO)CCO)CCC(=O)OCCSSCCC. The number of aliphatic hydroxyl groups is 2. The molecule has 0 saturated heterocycles. The second-order valence-electron chi connectivity index (χ2n) is 7.71. The van der Waals surface area contributed by atoms with Gasteiger partial charge in [0.2, 0.25) is 0 Å². The van der Waals surface area contributed by atoms with Crippen molar-refractivity contribution in [3.63, 3.8) is 0 Å². The summed E-state index contributed by atoms with van der Waals surface area (Å²) in [6, 6.07) is 0. The van der Waals surface area contributed by atoms with E-state index in [1.807, 2.05) is 4.90 Å². The number of esters is 2. The third kappa shape index (κ3) is 24.3. The molecule has 0 unspecified atom stereocenters. The van der Waals surface area contributed by atoms with Crippen molar-refractivity contribution < 1.29 is 29.3 Å². The minimum Gasteiger partial charge on any atom is -0.465 e. The molecule has 208 valence electrons. The molecule has 0 aliphatic rings. The van der Waals surface area contributed by atoms with Crippen LogP contribution in [0.25, 0.3) is 0 Å². The molecule has 0 amide bonds. The first-order valence-corrected chi connectivity index (χ1v) is 17.5. The van der Waals surface area contributed by atoms with Crippen LogP contribution in [0.2, 0.25) is 0 Å². The Morgan fingerprint density at radius 3 is 1.43 bits per heavy atom. The second-order valence-corrected chi connectivity index (χ2v) is 13.1. The van der Waals surface area contributed by atoms with Gasteiger partial charge in [-0.15, -0.1) is 0 Å². The van der Waals surface area contributed by atoms with Crippen molar-refractivity contribution in [2.45, 2.75) is 46.0 Å². The second kappa shape index (κ2) is 27.2. The van der Waals surface area contributed by atoms with Crippen LogP contribution in [0.5, 0.6) is 0 Å². The Labute approximate surface area is 228 Å². The van der Waals surface area contributed by atoms with Gasteiger partial charge >= 0.3 is 11.9 Å². The maximum absolute atomic E-state index is 12.2. The highest BCUT2D eigenvalue weighted by Gasteiger charge is 2.13. The quantitative estimate of drug-likeness (QED) is 0.0900. The Kier molecular flexibility index (Phi) is 27.4. The van der Waals surface area contributed by atoms with E-state index >= 15 is 0 Å². The Balaban J connectivity index is 4.39. The van der Waals surface area contributed by atoms with Crippen molar-refractivity contribution in [2.24, 2.45) is 0 Å². The zero-order valence-electron chi connectivity index (χ0n) is 21.5. The lowest BCUT2D eigenvalue weighted by atomic mass is 10.3. The van der Waals surface area contributed by atoms with Crippen molar-refractivity contribution >= 4 is 55.1 Å². The standard InChI is InChI=1S/C23H46N2O6S4/c1-3-18-32-34-20-16-30-22(28)6-10-24(8-5-9-25(12-14-26)13-15-27)11-7-23(29)31-17-21-35-33-19-4-2/h26-27H,3-21H2,1-2H3. The zero-order valence-corrected chi connectivity index (χ0v) is 24.8. The van der Waals surface area contributed by atoms with E-state index in [-0.39, 0.29) is 38.0 Å². The lowest BCUT2D eigenvalue weighted by Gasteiger charge is -2.24. The molecule has 0 spiro atoms. The molecule has 12 heteroatoms. The summed E-state index contributed by atoms with van der Waals surface area (Å²) in [5.41, 5.74) is 0. The summed E-state index contributed by atoms with van der Waals surface area (Å²) >= 11 is 0. The minimum atomic E-state index is -0.220. The van der Waals surface area contributed by atoms with Gasteiger partial charge in [0.05, 0.1) is 26.1 Å². The predicted octanol–water partition coefficient (Wildman–Crippen LogP) is 3.41. The van der Waals surface area contributed by atoms with Crippen LogP contribution in [0.4, 0.5) is 0 Å². The molecule has 8 nitrogen and oxygen atoms in total. The molecule has 0 saturated carbocycles. The van der Waals surface area contributed by atoms with Gasteiger partial charge in [-0.05, 0) is 32.4 Å². The molecule has 0 aliphatic carbocycles. The van der Waals surface area contributed by atoms with Crippen LogP contribution in [0, 0.1) is 0 Å². The van der Waals surface area contributed by atoms with Crippen LogP contribution in [0.1, 0.15) is 46.0 Å². The number of carbonyl (C=O) groups is 2. The van der Waals surface area contributed by atoms with Crippen molar-refractivity contribution in [1.29, 1.82) is 0 Å². The van der Waals surface area contributed by atoms with Crippen LogP contribution in [-0.4, -0.2) is 121 Å². The molecule has 0 aliphatic heterocycles. The van der Waals surface area contributed by atoms with E-state index in [2.05, 4.69) is 18.7 Å². The molecular weight excluding hydrogens is 529 g/mol. The summed E-state index contributed by atoms with van der Waals surface area (Å²) in [6.07, 6.45) is 3.64. The van der Waals surface area contributed by atoms with Gasteiger partial charge in [0.25, 0.3) is 0 Å². The lowest BCUT2D eigenvalue weighted by Crippen LogP contribution is -2.35. The van der Waals surface area contributed by atoms with Gasteiger partial charge in [-0.3, -0.25) is 14.5 Å². The number of ether oxygens (including phenoxy) is 2. The van der Waals surface area contributed by atoms with Crippen LogP contribution in [0.15, 0.2) is 0 Å². The highest BCUT2D eigenvalue weighted by atomic mass is 33.1. The van der Waals surface area contributed by atoms with Crippen molar-refractivity contribution in [1.82, 2.24) is 9.80 Å². The smallest absolute Gasteiger partial charge is 0.307 e.